The van der Waals surface area contributed by atoms with Gasteiger partial charge >= 0.3 is 0 Å². The number of nitrogens with zero attached hydrogens (tertiary/aromatic N) is 5. The molecule has 0 atom stereocenters. The van der Waals surface area contributed by atoms with E-state index in [0.717, 1.165) is 55.0 Å². The van der Waals surface area contributed by atoms with Gasteiger partial charge in [0.25, 0.3) is 0 Å². The summed E-state index contributed by atoms with van der Waals surface area (Å²) in [6.07, 6.45) is 0. The average Bonchev–Trinajstić information content (AvgIpc) is 3.49. The second-order valence-corrected chi connectivity index (χ2v) is 9.24. The van der Waals surface area contributed by atoms with Crippen molar-refractivity contribution in [2.45, 2.75) is 0 Å². The minimum atomic E-state index is 0.539. The van der Waals surface area contributed by atoms with Gasteiger partial charge in [0.1, 0.15) is 0 Å². The molecule has 5 aromatic carbocycles. The van der Waals surface area contributed by atoms with Gasteiger partial charge in [0.2, 0.25) is 0 Å². The van der Waals surface area contributed by atoms with Crippen LogP contribution in [0.5, 0.6) is 0 Å². The van der Waals surface area contributed by atoms with Crippen LogP contribution < -0.4 is 0 Å². The Morgan fingerprint density at radius 1 is 0.395 bits per heavy atom. The maximum Gasteiger partial charge on any atom is 0.0993 e. The molecule has 0 saturated heterocycles. The van der Waals surface area contributed by atoms with Gasteiger partial charge in [0.05, 0.1) is 57.0 Å². The molecule has 38 heavy (non-hydrogen) atoms. The van der Waals surface area contributed by atoms with Gasteiger partial charge < -0.3 is 9.13 Å². The zero-order valence-corrected chi connectivity index (χ0v) is 20.1. The molecule has 0 aliphatic carbocycles. The van der Waals surface area contributed by atoms with Crippen molar-refractivity contribution >= 4 is 43.6 Å². The maximum absolute atomic E-state index is 10.0. The van der Waals surface area contributed by atoms with Gasteiger partial charge in [-0.05, 0) is 66.7 Å². The number of para-hydroxylation sites is 2. The number of benzene rings is 5. The topological polar surface area (TPSA) is 81.2 Å². The van der Waals surface area contributed by atoms with Gasteiger partial charge in [-0.15, -0.1) is 0 Å². The maximum atomic E-state index is 10.0. The summed E-state index contributed by atoms with van der Waals surface area (Å²) in [5, 5.41) is 33.1. The monoisotopic (exact) mass is 483 g/mol. The molecule has 0 bridgehead atoms. The molecule has 0 aliphatic heterocycles. The summed E-state index contributed by atoms with van der Waals surface area (Å²) in [5.41, 5.74) is 7.39. The molecule has 0 aliphatic rings. The molecule has 174 valence electrons. The summed E-state index contributed by atoms with van der Waals surface area (Å²) < 4.78 is 4.30. The van der Waals surface area contributed by atoms with E-state index in [1.54, 1.807) is 0 Å². The van der Waals surface area contributed by atoms with E-state index in [2.05, 4.69) is 57.7 Å². The first-order valence-corrected chi connectivity index (χ1v) is 12.1. The van der Waals surface area contributed by atoms with Crippen molar-refractivity contribution < 1.29 is 0 Å². The van der Waals surface area contributed by atoms with Crippen molar-refractivity contribution in [2.24, 2.45) is 0 Å². The van der Waals surface area contributed by atoms with Crippen molar-refractivity contribution in [3.8, 4) is 29.6 Å². The van der Waals surface area contributed by atoms with Gasteiger partial charge in [-0.2, -0.15) is 15.8 Å². The number of hydrogen-bond acceptors (Lipinski definition) is 3. The van der Waals surface area contributed by atoms with Crippen molar-refractivity contribution in [2.75, 3.05) is 0 Å². The zero-order valence-electron chi connectivity index (χ0n) is 20.1. The Morgan fingerprint density at radius 2 is 0.816 bits per heavy atom. The van der Waals surface area contributed by atoms with E-state index in [1.165, 1.54) is 0 Å². The molecule has 0 spiro atoms. The first kappa shape index (κ1) is 21.5. The molecule has 0 fully saturated rings. The molecule has 0 N–H and O–H groups in total. The van der Waals surface area contributed by atoms with Crippen LogP contribution >= 0.6 is 0 Å². The fourth-order valence-corrected chi connectivity index (χ4v) is 5.56. The van der Waals surface area contributed by atoms with Crippen LogP contribution in [0.2, 0.25) is 0 Å². The number of hydrogen-bond donors (Lipinski definition) is 0. The predicted octanol–water partition coefficient (Wildman–Crippen LogP) is 7.50. The molecule has 7 rings (SSSR count). The highest BCUT2D eigenvalue weighted by molar-refractivity contribution is 6.11. The van der Waals surface area contributed by atoms with Crippen molar-refractivity contribution in [3.63, 3.8) is 0 Å². The Labute approximate surface area is 217 Å². The van der Waals surface area contributed by atoms with Gasteiger partial charge in [0, 0.05) is 32.9 Å². The fourth-order valence-electron chi connectivity index (χ4n) is 5.56. The van der Waals surface area contributed by atoms with Crippen LogP contribution in [-0.2, 0) is 0 Å². The molecule has 2 heterocycles. The van der Waals surface area contributed by atoms with Gasteiger partial charge in [-0.25, -0.2) is 0 Å². The van der Waals surface area contributed by atoms with E-state index < -0.39 is 0 Å². The van der Waals surface area contributed by atoms with Crippen molar-refractivity contribution in [3.05, 3.63) is 120 Å². The van der Waals surface area contributed by atoms with Crippen LogP contribution in [0.3, 0.4) is 0 Å². The first-order valence-electron chi connectivity index (χ1n) is 12.1. The molecular formula is C33H17N5. The van der Waals surface area contributed by atoms with Crippen molar-refractivity contribution in [1.29, 1.82) is 15.8 Å². The molecular weight excluding hydrogens is 466 g/mol. The summed E-state index contributed by atoms with van der Waals surface area (Å²) in [4.78, 5) is 0. The minimum absolute atomic E-state index is 0.539. The quantitative estimate of drug-likeness (QED) is 0.255. The second-order valence-electron chi connectivity index (χ2n) is 9.24. The van der Waals surface area contributed by atoms with E-state index in [0.29, 0.717) is 16.7 Å². The molecule has 0 radical (unpaired) electrons. The summed E-state index contributed by atoms with van der Waals surface area (Å²) in [5.74, 6) is 0. The van der Waals surface area contributed by atoms with E-state index in [4.69, 9.17) is 0 Å². The third-order valence-electron chi connectivity index (χ3n) is 7.15. The zero-order chi connectivity index (χ0) is 25.8. The Morgan fingerprint density at radius 3 is 1.26 bits per heavy atom. The summed E-state index contributed by atoms with van der Waals surface area (Å²) >= 11 is 0. The van der Waals surface area contributed by atoms with Crippen LogP contribution in [0.1, 0.15) is 16.7 Å². The Balaban J connectivity index is 1.58. The summed E-state index contributed by atoms with van der Waals surface area (Å²) in [6, 6.07) is 40.4. The Bertz CT molecular complexity index is 2080. The largest absolute Gasteiger partial charge is 0.309 e. The van der Waals surface area contributed by atoms with Gasteiger partial charge in [-0.3, -0.25) is 0 Å². The molecule has 5 nitrogen and oxygen atoms in total. The number of fused-ring (bicyclic) bond motifs is 6. The predicted molar refractivity (Wildman–Crippen MR) is 149 cm³/mol. The minimum Gasteiger partial charge on any atom is -0.309 e. The van der Waals surface area contributed by atoms with Gasteiger partial charge in [-0.1, -0.05) is 36.4 Å². The van der Waals surface area contributed by atoms with Crippen LogP contribution in [0.25, 0.3) is 55.0 Å². The normalized spacial score (nSPS) is 11.1. The van der Waals surface area contributed by atoms with Crippen LogP contribution in [-0.4, -0.2) is 9.13 Å². The first-order chi connectivity index (χ1) is 18.7. The lowest BCUT2D eigenvalue weighted by Gasteiger charge is -2.13. The number of aromatic nitrogens is 2. The highest BCUT2D eigenvalue weighted by Crippen LogP contribution is 2.36. The smallest absolute Gasteiger partial charge is 0.0993 e. The average molecular weight is 484 g/mol. The molecule has 7 aromatic rings. The SMILES string of the molecule is N#Cc1cc(-n2c3ccccc3c3cc(C#N)ccc32)cc(-n2c3ccccc3c3cc(C#N)ccc32)c1. The standard InChI is InChI=1S/C33H17N5/c34-18-21-9-11-32-28(15-21)26-5-1-3-7-30(26)37(32)24-13-23(20-36)14-25(17-24)38-31-8-4-2-6-27(31)29-16-22(19-35)10-12-33(29)38/h1-17H. The van der Waals surface area contributed by atoms with Crippen LogP contribution in [0, 0.1) is 34.0 Å². The Kier molecular flexibility index (Phi) is 4.57. The lowest BCUT2D eigenvalue weighted by atomic mass is 10.1. The molecule has 2 aromatic heterocycles. The Hall–Kier alpha value is -5.83. The van der Waals surface area contributed by atoms with Crippen LogP contribution in [0.15, 0.2) is 103 Å². The molecule has 0 unspecified atom stereocenters. The highest BCUT2D eigenvalue weighted by atomic mass is 15.0. The lowest BCUT2D eigenvalue weighted by Crippen LogP contribution is -2.00. The summed E-state index contributed by atoms with van der Waals surface area (Å²) in [6.45, 7) is 0. The highest BCUT2D eigenvalue weighted by Gasteiger charge is 2.17. The third-order valence-corrected chi connectivity index (χ3v) is 7.15. The molecule has 0 amide bonds. The number of rotatable bonds is 2. The van der Waals surface area contributed by atoms with Crippen LogP contribution in [0.4, 0.5) is 0 Å². The third kappa shape index (κ3) is 3.02. The molecule has 0 saturated carbocycles. The number of nitriles is 3. The molecule has 5 heteroatoms. The second kappa shape index (κ2) is 8.10. The summed E-state index contributed by atoms with van der Waals surface area (Å²) in [7, 11) is 0. The lowest BCUT2D eigenvalue weighted by molar-refractivity contribution is 1.13. The van der Waals surface area contributed by atoms with Crippen molar-refractivity contribution in [1.82, 2.24) is 9.13 Å². The van der Waals surface area contributed by atoms with E-state index in [1.807, 2.05) is 72.8 Å². The van der Waals surface area contributed by atoms with Gasteiger partial charge in [0.15, 0.2) is 0 Å². The van der Waals surface area contributed by atoms with E-state index >= 15 is 0 Å². The van der Waals surface area contributed by atoms with E-state index in [-0.39, 0.29) is 0 Å². The fraction of sp³-hybridized carbons (Fsp3) is 0. The van der Waals surface area contributed by atoms with E-state index in [9.17, 15) is 15.8 Å².